The zero-order chi connectivity index (χ0) is 15.9. The summed E-state index contributed by atoms with van der Waals surface area (Å²) in [6, 6.07) is 14.8. The average Bonchev–Trinajstić information content (AvgIpc) is 2.52. The summed E-state index contributed by atoms with van der Waals surface area (Å²) in [5.41, 5.74) is 1.97. The summed E-state index contributed by atoms with van der Waals surface area (Å²) in [5, 5.41) is 5.95. The van der Waals surface area contributed by atoms with Gasteiger partial charge in [-0.25, -0.2) is 5.01 Å². The molecule has 0 aliphatic heterocycles. The van der Waals surface area contributed by atoms with Crippen LogP contribution in [0.1, 0.15) is 11.1 Å². The molecule has 0 radical (unpaired) electrons. The molecular formula is C17H17ClN2O2. The minimum Gasteiger partial charge on any atom is -0.484 e. The van der Waals surface area contributed by atoms with E-state index in [1.165, 1.54) is 5.01 Å². The van der Waals surface area contributed by atoms with Crippen molar-refractivity contribution in [1.82, 2.24) is 5.01 Å². The van der Waals surface area contributed by atoms with Crippen LogP contribution in [0.3, 0.4) is 0 Å². The fraction of sp³-hybridized carbons (Fsp3) is 0.176. The Balaban J connectivity index is 1.87. The molecule has 0 bridgehead atoms. The van der Waals surface area contributed by atoms with E-state index >= 15 is 0 Å². The molecule has 0 saturated carbocycles. The lowest BCUT2D eigenvalue weighted by Gasteiger charge is -2.12. The van der Waals surface area contributed by atoms with Crippen LogP contribution in [0.15, 0.2) is 53.6 Å². The maximum atomic E-state index is 11.9. The predicted octanol–water partition coefficient (Wildman–Crippen LogP) is 3.52. The first-order valence-corrected chi connectivity index (χ1v) is 7.18. The monoisotopic (exact) mass is 316 g/mol. The van der Waals surface area contributed by atoms with Gasteiger partial charge in [0.25, 0.3) is 5.91 Å². The highest BCUT2D eigenvalue weighted by Crippen LogP contribution is 2.11. The lowest BCUT2D eigenvalue weighted by Crippen LogP contribution is -2.27. The van der Waals surface area contributed by atoms with Crippen molar-refractivity contribution in [3.05, 3.63) is 64.7 Å². The smallest absolute Gasteiger partial charge is 0.280 e. The van der Waals surface area contributed by atoms with Gasteiger partial charge < -0.3 is 4.74 Å². The normalized spacial score (nSPS) is 10.7. The molecule has 0 fully saturated rings. The molecule has 22 heavy (non-hydrogen) atoms. The van der Waals surface area contributed by atoms with E-state index in [4.69, 9.17) is 16.3 Å². The van der Waals surface area contributed by atoms with Crippen LogP contribution in [0, 0.1) is 6.92 Å². The van der Waals surface area contributed by atoms with E-state index in [9.17, 15) is 4.79 Å². The van der Waals surface area contributed by atoms with Crippen molar-refractivity contribution in [2.45, 2.75) is 6.92 Å². The van der Waals surface area contributed by atoms with Gasteiger partial charge in [-0.3, -0.25) is 4.79 Å². The number of hydrazone groups is 1. The molecule has 4 nitrogen and oxygen atoms in total. The zero-order valence-electron chi connectivity index (χ0n) is 12.5. The first kappa shape index (κ1) is 16.0. The Kier molecular flexibility index (Phi) is 5.55. The lowest BCUT2D eigenvalue weighted by molar-refractivity contribution is -0.132. The van der Waals surface area contributed by atoms with Crippen molar-refractivity contribution in [2.24, 2.45) is 5.10 Å². The van der Waals surface area contributed by atoms with E-state index in [-0.39, 0.29) is 12.5 Å². The number of benzene rings is 2. The summed E-state index contributed by atoms with van der Waals surface area (Å²) >= 11 is 5.89. The summed E-state index contributed by atoms with van der Waals surface area (Å²) < 4.78 is 5.43. The van der Waals surface area contributed by atoms with E-state index in [2.05, 4.69) is 5.10 Å². The highest BCUT2D eigenvalue weighted by molar-refractivity contribution is 6.30. The molecule has 0 atom stereocenters. The third kappa shape index (κ3) is 4.90. The molecule has 0 aliphatic rings. The number of hydrogen-bond acceptors (Lipinski definition) is 3. The summed E-state index contributed by atoms with van der Waals surface area (Å²) in [6.45, 7) is 1.93. The van der Waals surface area contributed by atoms with Crippen LogP contribution in [0.2, 0.25) is 5.02 Å². The predicted molar refractivity (Wildman–Crippen MR) is 88.5 cm³/mol. The molecular weight excluding hydrogens is 300 g/mol. The quantitative estimate of drug-likeness (QED) is 0.625. The number of likely N-dealkylation sites (N-methyl/N-ethyl adjacent to an activating group) is 1. The number of carbonyl (C=O) groups is 1. The number of nitrogens with zero attached hydrogens (tertiary/aromatic N) is 2. The Morgan fingerprint density at radius 3 is 2.68 bits per heavy atom. The summed E-state index contributed by atoms with van der Waals surface area (Å²) in [4.78, 5) is 11.9. The van der Waals surface area contributed by atoms with Gasteiger partial charge in [-0.2, -0.15) is 5.10 Å². The number of amides is 1. The second-order valence-electron chi connectivity index (χ2n) is 4.82. The van der Waals surface area contributed by atoms with E-state index in [0.717, 1.165) is 11.1 Å². The molecule has 0 unspecified atom stereocenters. The second kappa shape index (κ2) is 7.61. The molecule has 2 aromatic rings. The largest absolute Gasteiger partial charge is 0.484 e. The van der Waals surface area contributed by atoms with Crippen LogP contribution in [0.4, 0.5) is 0 Å². The Bertz CT molecular complexity index is 669. The van der Waals surface area contributed by atoms with Crippen molar-refractivity contribution in [3.8, 4) is 5.75 Å². The zero-order valence-corrected chi connectivity index (χ0v) is 13.2. The van der Waals surface area contributed by atoms with Gasteiger partial charge in [0, 0.05) is 12.1 Å². The first-order valence-electron chi connectivity index (χ1n) is 6.80. The maximum Gasteiger partial charge on any atom is 0.280 e. The first-order chi connectivity index (χ1) is 10.5. The van der Waals surface area contributed by atoms with Crippen LogP contribution in [-0.2, 0) is 4.79 Å². The van der Waals surface area contributed by atoms with E-state index in [0.29, 0.717) is 10.8 Å². The number of carbonyl (C=O) groups excluding carboxylic acids is 1. The number of aryl methyl sites for hydroxylation is 1. The maximum absolute atomic E-state index is 11.9. The molecule has 0 aromatic heterocycles. The Morgan fingerprint density at radius 2 is 2.00 bits per heavy atom. The van der Waals surface area contributed by atoms with Crippen molar-refractivity contribution in [3.63, 3.8) is 0 Å². The van der Waals surface area contributed by atoms with Crippen molar-refractivity contribution >= 4 is 23.7 Å². The highest BCUT2D eigenvalue weighted by atomic mass is 35.5. The van der Waals surface area contributed by atoms with Crippen LogP contribution >= 0.6 is 11.6 Å². The molecule has 114 valence electrons. The van der Waals surface area contributed by atoms with Gasteiger partial charge in [0.1, 0.15) is 5.75 Å². The minimum absolute atomic E-state index is 0.0630. The Morgan fingerprint density at radius 1 is 1.27 bits per heavy atom. The molecule has 0 N–H and O–H groups in total. The molecule has 2 rings (SSSR count). The van der Waals surface area contributed by atoms with E-state index in [1.54, 1.807) is 25.4 Å². The second-order valence-corrected chi connectivity index (χ2v) is 5.26. The molecule has 0 spiro atoms. The highest BCUT2D eigenvalue weighted by Gasteiger charge is 2.08. The standard InChI is InChI=1S/C17H17ClN2O2/c1-13-6-8-16(9-7-13)22-12-17(21)20(2)19-11-14-4-3-5-15(18)10-14/h3-11H,12H2,1-2H3/b19-11+. The van der Waals surface area contributed by atoms with Crippen LogP contribution in [-0.4, -0.2) is 30.8 Å². The summed E-state index contributed by atoms with van der Waals surface area (Å²) in [7, 11) is 1.59. The van der Waals surface area contributed by atoms with Gasteiger partial charge >= 0.3 is 0 Å². The number of halogens is 1. The minimum atomic E-state index is -0.237. The molecule has 5 heteroatoms. The summed E-state index contributed by atoms with van der Waals surface area (Å²) in [6.07, 6.45) is 1.58. The van der Waals surface area contributed by atoms with Gasteiger partial charge in [-0.05, 0) is 36.8 Å². The molecule has 0 saturated heterocycles. The summed E-state index contributed by atoms with van der Waals surface area (Å²) in [5.74, 6) is 0.421. The van der Waals surface area contributed by atoms with E-state index < -0.39 is 0 Å². The molecule has 0 aliphatic carbocycles. The van der Waals surface area contributed by atoms with Gasteiger partial charge in [0.2, 0.25) is 0 Å². The van der Waals surface area contributed by atoms with Crippen molar-refractivity contribution in [2.75, 3.05) is 13.7 Å². The Labute approximate surface area is 135 Å². The number of rotatable bonds is 5. The Hall–Kier alpha value is -2.33. The van der Waals surface area contributed by atoms with Gasteiger partial charge in [-0.15, -0.1) is 0 Å². The average molecular weight is 317 g/mol. The fourth-order valence-corrected chi connectivity index (χ4v) is 1.88. The third-order valence-electron chi connectivity index (χ3n) is 2.97. The van der Waals surface area contributed by atoms with E-state index in [1.807, 2.05) is 43.3 Å². The molecule has 2 aromatic carbocycles. The molecule has 0 heterocycles. The van der Waals surface area contributed by atoms with Crippen molar-refractivity contribution in [1.29, 1.82) is 0 Å². The molecule has 1 amide bonds. The topological polar surface area (TPSA) is 41.9 Å². The van der Waals surface area contributed by atoms with Crippen molar-refractivity contribution < 1.29 is 9.53 Å². The number of hydrogen-bond donors (Lipinski definition) is 0. The fourth-order valence-electron chi connectivity index (χ4n) is 1.68. The number of ether oxygens (including phenoxy) is 1. The van der Waals surface area contributed by atoms with Crippen LogP contribution < -0.4 is 4.74 Å². The van der Waals surface area contributed by atoms with Crippen LogP contribution in [0.5, 0.6) is 5.75 Å². The van der Waals surface area contributed by atoms with Gasteiger partial charge in [0.15, 0.2) is 6.61 Å². The lowest BCUT2D eigenvalue weighted by atomic mass is 10.2. The SMILES string of the molecule is Cc1ccc(OCC(=O)N(C)/N=C/c2cccc(Cl)c2)cc1. The van der Waals surface area contributed by atoms with Gasteiger partial charge in [0.05, 0.1) is 6.21 Å². The van der Waals surface area contributed by atoms with Gasteiger partial charge in [-0.1, -0.05) is 41.4 Å². The third-order valence-corrected chi connectivity index (χ3v) is 3.21. The van der Waals surface area contributed by atoms with Crippen LogP contribution in [0.25, 0.3) is 0 Å².